The first-order valence-corrected chi connectivity index (χ1v) is 7.32. The zero-order valence-electron chi connectivity index (χ0n) is 13.2. The first kappa shape index (κ1) is 15.8. The van der Waals surface area contributed by atoms with Crippen LogP contribution in [0.5, 0.6) is 5.75 Å². The van der Waals surface area contributed by atoms with E-state index in [4.69, 9.17) is 9.47 Å². The maximum absolute atomic E-state index is 12.4. The topological polar surface area (TPSA) is 50.8 Å². The summed E-state index contributed by atoms with van der Waals surface area (Å²) in [5, 5.41) is 2.97. The molecule has 2 atom stereocenters. The fourth-order valence-electron chi connectivity index (χ4n) is 2.52. The third-order valence-corrected chi connectivity index (χ3v) is 3.81. The van der Waals surface area contributed by atoms with Gasteiger partial charge in [0.15, 0.2) is 0 Å². The molecule has 1 aliphatic heterocycles. The summed E-state index contributed by atoms with van der Waals surface area (Å²) in [6.07, 6.45) is 0.169. The molecular weight excluding hydrogens is 268 g/mol. The van der Waals surface area contributed by atoms with Gasteiger partial charge in [-0.15, -0.1) is 0 Å². The Kier molecular flexibility index (Phi) is 5.20. The number of ether oxygens (including phenoxy) is 2. The minimum absolute atomic E-state index is 0.0204. The Morgan fingerprint density at radius 1 is 1.52 bits per heavy atom. The van der Waals surface area contributed by atoms with Crippen LogP contribution in [-0.4, -0.2) is 49.8 Å². The Morgan fingerprint density at radius 2 is 2.29 bits per heavy atom. The molecule has 1 aromatic rings. The first-order valence-electron chi connectivity index (χ1n) is 7.32. The molecule has 0 unspecified atom stereocenters. The number of hydrogen-bond acceptors (Lipinski definition) is 4. The Morgan fingerprint density at radius 3 is 2.95 bits per heavy atom. The standard InChI is InChI=1S/C16H24N2O3/c1-11-5-6-15(20-4)14(9-11)17-16(19)13(3)18-7-8-21-12(2)10-18/h5-6,9,12-13H,7-8,10H2,1-4H3,(H,17,19)/t12-,13+/m1/s1. The number of amides is 1. The number of nitrogens with zero attached hydrogens (tertiary/aromatic N) is 1. The molecule has 2 rings (SSSR count). The fourth-order valence-corrected chi connectivity index (χ4v) is 2.52. The van der Waals surface area contributed by atoms with E-state index in [1.165, 1.54) is 0 Å². The predicted molar refractivity (Wildman–Crippen MR) is 82.8 cm³/mol. The zero-order valence-corrected chi connectivity index (χ0v) is 13.2. The molecule has 1 N–H and O–H groups in total. The number of hydrogen-bond donors (Lipinski definition) is 1. The summed E-state index contributed by atoms with van der Waals surface area (Å²) in [5.74, 6) is 0.657. The van der Waals surface area contributed by atoms with E-state index in [1.807, 2.05) is 39.0 Å². The number of aryl methyl sites for hydroxylation is 1. The molecule has 5 nitrogen and oxygen atoms in total. The first-order chi connectivity index (χ1) is 10.0. The van der Waals surface area contributed by atoms with Crippen molar-refractivity contribution in [1.29, 1.82) is 0 Å². The van der Waals surface area contributed by atoms with Crippen LogP contribution in [0.25, 0.3) is 0 Å². The van der Waals surface area contributed by atoms with E-state index in [0.717, 1.165) is 24.3 Å². The lowest BCUT2D eigenvalue weighted by Crippen LogP contribution is -2.50. The average Bonchev–Trinajstić information content (AvgIpc) is 2.46. The second kappa shape index (κ2) is 6.91. The fraction of sp³-hybridized carbons (Fsp3) is 0.562. The zero-order chi connectivity index (χ0) is 15.4. The van der Waals surface area contributed by atoms with Crippen LogP contribution in [-0.2, 0) is 9.53 Å². The monoisotopic (exact) mass is 292 g/mol. The Bertz CT molecular complexity index is 504. The van der Waals surface area contributed by atoms with E-state index >= 15 is 0 Å². The van der Waals surface area contributed by atoms with Crippen LogP contribution in [0.15, 0.2) is 18.2 Å². The highest BCUT2D eigenvalue weighted by atomic mass is 16.5. The number of anilines is 1. The van der Waals surface area contributed by atoms with Crippen molar-refractivity contribution >= 4 is 11.6 Å². The third kappa shape index (κ3) is 3.95. The van der Waals surface area contributed by atoms with Crippen molar-refractivity contribution in [1.82, 2.24) is 4.90 Å². The van der Waals surface area contributed by atoms with Crippen LogP contribution in [0.1, 0.15) is 19.4 Å². The van der Waals surface area contributed by atoms with E-state index in [-0.39, 0.29) is 18.1 Å². The Hall–Kier alpha value is -1.59. The Labute approximate surface area is 126 Å². The largest absolute Gasteiger partial charge is 0.495 e. The average molecular weight is 292 g/mol. The van der Waals surface area contributed by atoms with Crippen molar-refractivity contribution in [3.05, 3.63) is 23.8 Å². The number of nitrogens with one attached hydrogen (secondary N) is 1. The molecule has 1 fully saturated rings. The number of benzene rings is 1. The molecule has 0 spiro atoms. The SMILES string of the molecule is COc1ccc(C)cc1NC(=O)[C@H](C)N1CCO[C@H](C)C1. The summed E-state index contributed by atoms with van der Waals surface area (Å²) < 4.78 is 10.8. The molecule has 0 radical (unpaired) electrons. The molecule has 0 aromatic heterocycles. The molecule has 21 heavy (non-hydrogen) atoms. The van der Waals surface area contributed by atoms with Gasteiger partial charge in [0.05, 0.1) is 31.5 Å². The van der Waals surface area contributed by atoms with E-state index in [0.29, 0.717) is 12.4 Å². The number of methoxy groups -OCH3 is 1. The molecule has 1 aliphatic rings. The van der Waals surface area contributed by atoms with Crippen molar-refractivity contribution in [3.8, 4) is 5.75 Å². The van der Waals surface area contributed by atoms with Crippen LogP contribution < -0.4 is 10.1 Å². The van der Waals surface area contributed by atoms with Gasteiger partial charge < -0.3 is 14.8 Å². The molecule has 0 bridgehead atoms. The molecule has 1 aromatic carbocycles. The molecule has 0 aliphatic carbocycles. The van der Waals surface area contributed by atoms with Gasteiger partial charge in [0.1, 0.15) is 5.75 Å². The maximum atomic E-state index is 12.4. The summed E-state index contributed by atoms with van der Waals surface area (Å²) >= 11 is 0. The van der Waals surface area contributed by atoms with E-state index < -0.39 is 0 Å². The predicted octanol–water partition coefficient (Wildman–Crippen LogP) is 2.05. The van der Waals surface area contributed by atoms with Gasteiger partial charge in [0.2, 0.25) is 5.91 Å². The minimum atomic E-state index is -0.193. The summed E-state index contributed by atoms with van der Waals surface area (Å²) in [6.45, 7) is 8.17. The molecule has 0 saturated carbocycles. The van der Waals surface area contributed by atoms with Crippen molar-refractivity contribution in [2.24, 2.45) is 0 Å². The number of morpholine rings is 1. The van der Waals surface area contributed by atoms with Gasteiger partial charge in [0.25, 0.3) is 0 Å². The molecular formula is C16H24N2O3. The van der Waals surface area contributed by atoms with Crippen molar-refractivity contribution in [3.63, 3.8) is 0 Å². The van der Waals surface area contributed by atoms with E-state index in [2.05, 4.69) is 10.2 Å². The van der Waals surface area contributed by atoms with Crippen LogP contribution in [0, 0.1) is 6.92 Å². The number of carbonyl (C=O) groups excluding carboxylic acids is 1. The van der Waals surface area contributed by atoms with Gasteiger partial charge in [-0.05, 0) is 38.5 Å². The highest BCUT2D eigenvalue weighted by molar-refractivity contribution is 5.95. The van der Waals surface area contributed by atoms with Gasteiger partial charge in [-0.3, -0.25) is 9.69 Å². The van der Waals surface area contributed by atoms with E-state index in [1.54, 1.807) is 7.11 Å². The molecule has 116 valence electrons. The highest BCUT2D eigenvalue weighted by Crippen LogP contribution is 2.25. The second-order valence-corrected chi connectivity index (χ2v) is 5.55. The summed E-state index contributed by atoms with van der Waals surface area (Å²) in [7, 11) is 1.60. The van der Waals surface area contributed by atoms with E-state index in [9.17, 15) is 4.79 Å². The lowest BCUT2D eigenvalue weighted by Gasteiger charge is -2.34. The molecule has 1 heterocycles. The van der Waals surface area contributed by atoms with Gasteiger partial charge >= 0.3 is 0 Å². The quantitative estimate of drug-likeness (QED) is 0.923. The number of rotatable bonds is 4. The van der Waals surface area contributed by atoms with Crippen LogP contribution >= 0.6 is 0 Å². The number of carbonyl (C=O) groups is 1. The normalized spacial score (nSPS) is 20.9. The van der Waals surface area contributed by atoms with Gasteiger partial charge in [-0.25, -0.2) is 0 Å². The Balaban J connectivity index is 2.05. The maximum Gasteiger partial charge on any atom is 0.241 e. The molecule has 1 saturated heterocycles. The minimum Gasteiger partial charge on any atom is -0.495 e. The van der Waals surface area contributed by atoms with Gasteiger partial charge in [-0.1, -0.05) is 6.07 Å². The van der Waals surface area contributed by atoms with Crippen molar-refractivity contribution in [2.45, 2.75) is 32.9 Å². The van der Waals surface area contributed by atoms with Crippen LogP contribution in [0.3, 0.4) is 0 Å². The van der Waals surface area contributed by atoms with Crippen LogP contribution in [0.2, 0.25) is 0 Å². The van der Waals surface area contributed by atoms with Gasteiger partial charge in [-0.2, -0.15) is 0 Å². The lowest BCUT2D eigenvalue weighted by molar-refractivity contribution is -0.123. The summed E-state index contributed by atoms with van der Waals surface area (Å²) in [4.78, 5) is 14.6. The van der Waals surface area contributed by atoms with Crippen LogP contribution in [0.4, 0.5) is 5.69 Å². The second-order valence-electron chi connectivity index (χ2n) is 5.55. The lowest BCUT2D eigenvalue weighted by atomic mass is 10.1. The molecule has 1 amide bonds. The third-order valence-electron chi connectivity index (χ3n) is 3.81. The summed E-state index contributed by atoms with van der Waals surface area (Å²) in [6, 6.07) is 5.56. The summed E-state index contributed by atoms with van der Waals surface area (Å²) in [5.41, 5.74) is 1.80. The van der Waals surface area contributed by atoms with Gasteiger partial charge in [0, 0.05) is 13.1 Å². The van der Waals surface area contributed by atoms with Crippen molar-refractivity contribution < 1.29 is 14.3 Å². The smallest absolute Gasteiger partial charge is 0.241 e. The molecule has 5 heteroatoms. The van der Waals surface area contributed by atoms with Crippen molar-refractivity contribution in [2.75, 3.05) is 32.1 Å². The highest BCUT2D eigenvalue weighted by Gasteiger charge is 2.26.